The van der Waals surface area contributed by atoms with Crippen molar-refractivity contribution in [1.29, 1.82) is 0 Å². The normalized spacial score (nSPS) is 10.5. The highest BCUT2D eigenvalue weighted by Gasteiger charge is 2.08. The van der Waals surface area contributed by atoms with Crippen LogP contribution in [0.3, 0.4) is 0 Å². The van der Waals surface area contributed by atoms with Gasteiger partial charge in [0.1, 0.15) is 11.4 Å². The van der Waals surface area contributed by atoms with Crippen LogP contribution in [0.2, 0.25) is 0 Å². The van der Waals surface area contributed by atoms with Gasteiger partial charge in [0.15, 0.2) is 11.6 Å². The lowest BCUT2D eigenvalue weighted by atomic mass is 10.2. The quantitative estimate of drug-likeness (QED) is 0.539. The van der Waals surface area contributed by atoms with E-state index in [0.717, 1.165) is 30.5 Å². The van der Waals surface area contributed by atoms with Crippen molar-refractivity contribution in [2.45, 2.75) is 26.3 Å². The number of nitrogens with zero attached hydrogens (tertiary/aromatic N) is 1. The first-order valence-corrected chi connectivity index (χ1v) is 8.03. The van der Waals surface area contributed by atoms with Crippen molar-refractivity contribution < 1.29 is 13.9 Å². The minimum atomic E-state index is -0.627. The maximum absolute atomic E-state index is 14.2. The summed E-state index contributed by atoms with van der Waals surface area (Å²) in [6, 6.07) is 7.76. The molecule has 1 heterocycles. The van der Waals surface area contributed by atoms with Crippen LogP contribution in [-0.2, 0) is 6.54 Å². The second kappa shape index (κ2) is 8.94. The molecule has 5 nitrogen and oxygen atoms in total. The smallest absolute Gasteiger partial charge is 0.267 e. The van der Waals surface area contributed by atoms with Gasteiger partial charge in [0.2, 0.25) is 0 Å². The zero-order chi connectivity index (χ0) is 18.2. The van der Waals surface area contributed by atoms with Crippen LogP contribution in [-0.4, -0.2) is 17.4 Å². The second-order valence-electron chi connectivity index (χ2n) is 5.85. The Morgan fingerprint density at radius 2 is 2.16 bits per heavy atom. The minimum Gasteiger partial charge on any atom is -0.453 e. The van der Waals surface area contributed by atoms with E-state index in [9.17, 15) is 9.18 Å². The molecule has 0 saturated carbocycles. The molecule has 0 bridgehead atoms. The first-order chi connectivity index (χ1) is 12.0. The van der Waals surface area contributed by atoms with E-state index in [-0.39, 0.29) is 11.4 Å². The van der Waals surface area contributed by atoms with E-state index in [4.69, 9.17) is 10.5 Å². The van der Waals surface area contributed by atoms with Crippen LogP contribution in [0, 0.1) is 5.82 Å². The Hall–Kier alpha value is -2.73. The molecule has 0 spiro atoms. The molecular weight excluding hydrogens is 321 g/mol. The number of nitrogens with two attached hydrogens (primary N) is 1. The maximum Gasteiger partial charge on any atom is 0.267 e. The van der Waals surface area contributed by atoms with E-state index in [1.165, 1.54) is 24.4 Å². The monoisotopic (exact) mass is 343 g/mol. The summed E-state index contributed by atoms with van der Waals surface area (Å²) in [4.78, 5) is 14.8. The number of halogens is 1. The lowest BCUT2D eigenvalue weighted by Crippen LogP contribution is -2.14. The molecule has 2 rings (SSSR count). The van der Waals surface area contributed by atoms with Gasteiger partial charge in [-0.05, 0) is 56.1 Å². The molecule has 0 aliphatic heterocycles. The van der Waals surface area contributed by atoms with Crippen molar-refractivity contribution >= 4 is 5.91 Å². The Morgan fingerprint density at radius 3 is 2.76 bits per heavy atom. The van der Waals surface area contributed by atoms with Crippen molar-refractivity contribution in [3.63, 3.8) is 0 Å². The molecule has 0 unspecified atom stereocenters. The molecule has 1 aromatic heterocycles. The van der Waals surface area contributed by atoms with Gasteiger partial charge < -0.3 is 15.8 Å². The SMILES string of the molecule is C=C(C)CCCNCc1ccc(Oc2ccc(C(N)=O)nc2)c(F)c1. The topological polar surface area (TPSA) is 77.2 Å². The number of rotatable bonds is 9. The predicted octanol–water partition coefficient (Wildman–Crippen LogP) is 3.56. The van der Waals surface area contributed by atoms with E-state index in [1.54, 1.807) is 12.1 Å². The van der Waals surface area contributed by atoms with Crippen molar-refractivity contribution in [3.05, 3.63) is 65.8 Å². The third kappa shape index (κ3) is 6.00. The summed E-state index contributed by atoms with van der Waals surface area (Å²) in [5, 5.41) is 3.27. The molecular formula is C19H22FN3O2. The molecule has 0 fully saturated rings. The summed E-state index contributed by atoms with van der Waals surface area (Å²) in [7, 11) is 0. The molecule has 6 heteroatoms. The third-order valence-electron chi connectivity index (χ3n) is 3.50. The molecule has 1 aromatic carbocycles. The molecule has 3 N–H and O–H groups in total. The third-order valence-corrected chi connectivity index (χ3v) is 3.50. The Bertz CT molecular complexity index is 745. The van der Waals surface area contributed by atoms with Gasteiger partial charge in [-0.3, -0.25) is 4.79 Å². The Labute approximate surface area is 146 Å². The molecule has 2 aromatic rings. The van der Waals surface area contributed by atoms with Gasteiger partial charge in [-0.1, -0.05) is 11.6 Å². The summed E-state index contributed by atoms with van der Waals surface area (Å²) in [5.74, 6) is -0.660. The van der Waals surface area contributed by atoms with Crippen LogP contribution in [0.1, 0.15) is 35.8 Å². The van der Waals surface area contributed by atoms with Crippen LogP contribution in [0.4, 0.5) is 4.39 Å². The summed E-state index contributed by atoms with van der Waals surface area (Å²) in [6.45, 7) is 7.30. The largest absolute Gasteiger partial charge is 0.453 e. The molecule has 0 atom stereocenters. The highest BCUT2D eigenvalue weighted by molar-refractivity contribution is 5.90. The standard InChI is InChI=1S/C19H22FN3O2/c1-13(2)4-3-9-22-11-14-5-8-18(16(20)10-14)25-15-6-7-17(19(21)24)23-12-15/h5-8,10,12,22H,1,3-4,9,11H2,2H3,(H2,21,24). The van der Waals surface area contributed by atoms with Crippen LogP contribution in [0.15, 0.2) is 48.7 Å². The zero-order valence-electron chi connectivity index (χ0n) is 14.2. The number of allylic oxidation sites excluding steroid dienone is 1. The number of ether oxygens (including phenoxy) is 1. The maximum atomic E-state index is 14.2. The summed E-state index contributed by atoms with van der Waals surface area (Å²) in [5.41, 5.74) is 7.24. The Morgan fingerprint density at radius 1 is 1.36 bits per heavy atom. The molecule has 0 aliphatic rings. The lowest BCUT2D eigenvalue weighted by molar-refractivity contribution is 0.0995. The van der Waals surface area contributed by atoms with E-state index >= 15 is 0 Å². The Kier molecular flexibility index (Phi) is 6.65. The van der Waals surface area contributed by atoms with E-state index in [2.05, 4.69) is 16.9 Å². The Balaban J connectivity index is 1.90. The van der Waals surface area contributed by atoms with Crippen molar-refractivity contribution in [1.82, 2.24) is 10.3 Å². The highest BCUT2D eigenvalue weighted by Crippen LogP contribution is 2.24. The number of carbonyl (C=O) groups is 1. The zero-order valence-corrected chi connectivity index (χ0v) is 14.2. The van der Waals surface area contributed by atoms with Crippen LogP contribution in [0.25, 0.3) is 0 Å². The molecule has 132 valence electrons. The van der Waals surface area contributed by atoms with Gasteiger partial charge in [0, 0.05) is 6.54 Å². The number of pyridine rings is 1. The van der Waals surface area contributed by atoms with Crippen molar-refractivity contribution in [2.75, 3.05) is 6.54 Å². The van der Waals surface area contributed by atoms with Crippen molar-refractivity contribution in [3.8, 4) is 11.5 Å². The van der Waals surface area contributed by atoms with Crippen molar-refractivity contribution in [2.24, 2.45) is 5.73 Å². The first-order valence-electron chi connectivity index (χ1n) is 8.03. The van der Waals surface area contributed by atoms with Gasteiger partial charge in [-0.2, -0.15) is 0 Å². The number of hydrogen-bond acceptors (Lipinski definition) is 4. The second-order valence-corrected chi connectivity index (χ2v) is 5.85. The number of benzene rings is 1. The van der Waals surface area contributed by atoms with E-state index < -0.39 is 11.7 Å². The fourth-order valence-electron chi connectivity index (χ4n) is 2.20. The van der Waals surface area contributed by atoms with Gasteiger partial charge in [-0.25, -0.2) is 9.37 Å². The molecule has 1 amide bonds. The highest BCUT2D eigenvalue weighted by atomic mass is 19.1. The molecule has 0 saturated heterocycles. The number of amides is 1. The van der Waals surface area contributed by atoms with Crippen LogP contribution < -0.4 is 15.8 Å². The van der Waals surface area contributed by atoms with Crippen LogP contribution >= 0.6 is 0 Å². The fourth-order valence-corrected chi connectivity index (χ4v) is 2.20. The number of carbonyl (C=O) groups excluding carboxylic acids is 1. The fraction of sp³-hybridized carbons (Fsp3) is 0.263. The molecule has 0 radical (unpaired) electrons. The summed E-state index contributed by atoms with van der Waals surface area (Å²) >= 11 is 0. The average molecular weight is 343 g/mol. The predicted molar refractivity (Wildman–Crippen MR) is 95.0 cm³/mol. The van der Waals surface area contributed by atoms with Gasteiger partial charge in [-0.15, -0.1) is 6.58 Å². The number of primary amides is 1. The number of hydrogen-bond donors (Lipinski definition) is 2. The summed E-state index contributed by atoms with van der Waals surface area (Å²) in [6.07, 6.45) is 3.32. The van der Waals surface area contributed by atoms with Crippen LogP contribution in [0.5, 0.6) is 11.5 Å². The molecule has 25 heavy (non-hydrogen) atoms. The minimum absolute atomic E-state index is 0.0969. The average Bonchev–Trinajstić information content (AvgIpc) is 2.57. The van der Waals surface area contributed by atoms with Gasteiger partial charge >= 0.3 is 0 Å². The van der Waals surface area contributed by atoms with E-state index in [0.29, 0.717) is 12.3 Å². The van der Waals surface area contributed by atoms with E-state index in [1.807, 2.05) is 6.92 Å². The summed E-state index contributed by atoms with van der Waals surface area (Å²) < 4.78 is 19.6. The van der Waals surface area contributed by atoms with Gasteiger partial charge in [0.05, 0.1) is 6.20 Å². The lowest BCUT2D eigenvalue weighted by Gasteiger charge is -2.09. The van der Waals surface area contributed by atoms with Gasteiger partial charge in [0.25, 0.3) is 5.91 Å². The first kappa shape index (κ1) is 18.6. The number of nitrogens with one attached hydrogen (secondary N) is 1. The number of aromatic nitrogens is 1. The molecule has 0 aliphatic carbocycles.